The second kappa shape index (κ2) is 29.2. The van der Waals surface area contributed by atoms with Crippen molar-refractivity contribution in [2.24, 2.45) is 5.16 Å². The molecule has 2 atom stereocenters. The van der Waals surface area contributed by atoms with Gasteiger partial charge < -0.3 is 48.9 Å². The number of ether oxygens (including phenoxy) is 2. The van der Waals surface area contributed by atoms with Crippen LogP contribution in [0.1, 0.15) is 62.4 Å². The van der Waals surface area contributed by atoms with Gasteiger partial charge in [0.25, 0.3) is 11.8 Å². The lowest BCUT2D eigenvalue weighted by Gasteiger charge is -2.49. The summed E-state index contributed by atoms with van der Waals surface area (Å²) >= 11 is 4.23. The maximum Gasteiger partial charge on any atom is 0.373 e. The Morgan fingerprint density at radius 3 is 1.58 bits per heavy atom. The van der Waals surface area contributed by atoms with Crippen LogP contribution in [0.15, 0.2) is 294 Å². The maximum atomic E-state index is 15.1. The largest absolute Gasteiger partial charge is 1.00 e. The molecule has 1 fully saturated rings. The third-order valence-electron chi connectivity index (χ3n) is 15.1. The molecule has 10 aromatic rings. The van der Waals surface area contributed by atoms with Crippen molar-refractivity contribution < 1.29 is 62.0 Å². The van der Waals surface area contributed by atoms with Gasteiger partial charge in [-0.15, -0.1) is 34.9 Å². The maximum absolute atomic E-state index is 15.1. The summed E-state index contributed by atoms with van der Waals surface area (Å²) in [5.74, 6) is -1.59. The molecule has 2 amide bonds. The number of anilines is 1. The van der Waals surface area contributed by atoms with E-state index in [9.17, 15) is 14.4 Å². The molecule has 0 radical (unpaired) electrons. The Morgan fingerprint density at radius 2 is 1.09 bits per heavy atom. The van der Waals surface area contributed by atoms with Crippen molar-refractivity contribution >= 4 is 69.5 Å². The zero-order chi connectivity index (χ0) is 60.1. The van der Waals surface area contributed by atoms with Crippen LogP contribution < -0.4 is 39.2 Å². The Balaban J connectivity index is 0.00000817. The number of amides is 2. The molecule has 89 heavy (non-hydrogen) atoms. The number of hydrogen-bond donors (Lipinski definition) is 2. The van der Waals surface area contributed by atoms with Gasteiger partial charge in [0.2, 0.25) is 6.54 Å². The van der Waals surface area contributed by atoms with Crippen LogP contribution in [0.2, 0.25) is 0 Å². The number of thioether (sulfide) groups is 2. The van der Waals surface area contributed by atoms with E-state index in [1.165, 1.54) is 39.8 Å². The topological polar surface area (TPSA) is 152 Å². The van der Waals surface area contributed by atoms with Crippen molar-refractivity contribution in [2.75, 3.05) is 16.8 Å². The lowest BCUT2D eigenvalue weighted by molar-refractivity contribution is -0.686. The second-order valence-corrected chi connectivity index (χ2v) is 23.8. The van der Waals surface area contributed by atoms with Gasteiger partial charge in [0.15, 0.2) is 35.4 Å². The zero-order valence-corrected chi connectivity index (χ0v) is 52.5. The van der Waals surface area contributed by atoms with Crippen molar-refractivity contribution in [2.45, 2.75) is 47.2 Å². The molecule has 12 rings (SSSR count). The quantitative estimate of drug-likeness (QED) is 0.00921. The number of β-lactam (4-membered cyclic amide) rings is 1. The van der Waals surface area contributed by atoms with Crippen LogP contribution in [0.4, 0.5) is 5.13 Å². The van der Waals surface area contributed by atoms with Crippen molar-refractivity contribution in [1.29, 1.82) is 0 Å². The van der Waals surface area contributed by atoms with Gasteiger partial charge in [-0.1, -0.05) is 248 Å². The number of rotatable bonds is 23. The van der Waals surface area contributed by atoms with Crippen molar-refractivity contribution in [3.63, 3.8) is 0 Å². The first kappa shape index (κ1) is 61.5. The van der Waals surface area contributed by atoms with Crippen molar-refractivity contribution in [3.05, 3.63) is 334 Å². The molecule has 4 heterocycles. The highest BCUT2D eigenvalue weighted by Gasteiger charge is 2.55. The predicted molar refractivity (Wildman–Crippen MR) is 344 cm³/mol. The van der Waals surface area contributed by atoms with Gasteiger partial charge in [0.05, 0.1) is 0 Å². The third kappa shape index (κ3) is 14.2. The molecule has 2 aliphatic rings. The van der Waals surface area contributed by atoms with E-state index in [1.807, 2.05) is 231 Å². The molecular formula is C72H59IN6O7S3. The number of fused-ring (bicyclic) bond motifs is 1. The first-order valence-electron chi connectivity index (χ1n) is 28.6. The number of thiazole rings is 1. The summed E-state index contributed by atoms with van der Waals surface area (Å²) in [5.41, 5.74) is 6.97. The van der Waals surface area contributed by atoms with E-state index in [2.05, 4.69) is 52.2 Å². The molecule has 0 aliphatic carbocycles. The second-order valence-electron chi connectivity index (χ2n) is 20.8. The molecule has 8 aromatic carbocycles. The molecular weight excluding hydrogens is 1280 g/mol. The van der Waals surface area contributed by atoms with Crippen LogP contribution in [0, 0.1) is 0 Å². The summed E-state index contributed by atoms with van der Waals surface area (Å²) < 4.78 is 14.4. The van der Waals surface area contributed by atoms with Crippen molar-refractivity contribution in [1.82, 2.24) is 15.2 Å². The van der Waals surface area contributed by atoms with Gasteiger partial charge in [-0.05, 0) is 50.1 Å². The average Bonchev–Trinajstić information content (AvgIpc) is 1.17. The number of benzene rings is 8. The first-order valence-corrected chi connectivity index (χ1v) is 31.5. The van der Waals surface area contributed by atoms with Gasteiger partial charge >= 0.3 is 11.9 Å². The Bertz CT molecular complexity index is 3890. The van der Waals surface area contributed by atoms with Crippen LogP contribution >= 0.6 is 34.9 Å². The lowest BCUT2D eigenvalue weighted by atomic mass is 9.77. The lowest BCUT2D eigenvalue weighted by Crippen LogP contribution is -3.00. The molecule has 2 N–H and O–H groups in total. The summed E-state index contributed by atoms with van der Waals surface area (Å²) in [7, 11) is 0. The highest BCUT2D eigenvalue weighted by atomic mass is 127. The standard InChI is InChI=1S/C72H58N6O7S3.HI/c79-61(84-65(51-27-11-2-12-28-51)52-29-13-3-14-30-52)45-77-43-41-59(42-44-77)86-47-55-48-87-69-63(68(81)78(69)64(55)70(82)85-66(53-31-15-4-16-32-53)54-33-17-5-18-34-54)74-67(80)62(76-83-46-50-25-9-1-10-26-50)60-49-88-71(73-60)75-72(56-35-19-6-20-36-56,57-37-21-7-22-38-57)58-39-23-8-24-40-58;/h1-44,49,63,65-66,69H,45-48H2,(H-,73,74,75,80);1H/t63?,69-;/m1./s1. The van der Waals surface area contributed by atoms with Gasteiger partial charge in [0.1, 0.15) is 35.0 Å². The van der Waals surface area contributed by atoms with E-state index in [1.54, 1.807) is 9.95 Å². The summed E-state index contributed by atoms with van der Waals surface area (Å²) in [5, 5.41) is 12.8. The number of carbonyl (C=O) groups is 4. The number of oxime groups is 1. The number of carbonyl (C=O) groups excluding carboxylic acids is 4. The minimum absolute atomic E-state index is 0. The summed E-state index contributed by atoms with van der Waals surface area (Å²) in [4.78, 5) is 71.6. The summed E-state index contributed by atoms with van der Waals surface area (Å²) in [6.45, 7) is 0.0427. The fraction of sp³-hybridized carbons (Fsp3) is 0.125. The van der Waals surface area contributed by atoms with Gasteiger partial charge in [-0.3, -0.25) is 14.5 Å². The number of pyridine rings is 1. The van der Waals surface area contributed by atoms with Crippen LogP contribution in [0.5, 0.6) is 0 Å². The minimum Gasteiger partial charge on any atom is -1.00 e. The number of nitrogens with one attached hydrogen (secondary N) is 2. The average molecular weight is 1340 g/mol. The number of halogens is 1. The smallest absolute Gasteiger partial charge is 0.373 e. The Kier molecular flexibility index (Phi) is 20.2. The molecule has 2 aliphatic heterocycles. The van der Waals surface area contributed by atoms with E-state index in [0.29, 0.717) is 22.2 Å². The highest BCUT2D eigenvalue weighted by Crippen LogP contribution is 2.44. The molecule has 1 saturated heterocycles. The number of nitrogens with zero attached hydrogens (tertiary/aromatic N) is 4. The Morgan fingerprint density at radius 1 is 0.629 bits per heavy atom. The highest BCUT2D eigenvalue weighted by molar-refractivity contribution is 8.01. The molecule has 444 valence electrons. The van der Waals surface area contributed by atoms with Crippen molar-refractivity contribution in [3.8, 4) is 0 Å². The van der Waals surface area contributed by atoms with Crippen LogP contribution in [0.25, 0.3) is 0 Å². The molecule has 1 unspecified atom stereocenters. The summed E-state index contributed by atoms with van der Waals surface area (Å²) in [6.07, 6.45) is 2.26. The first-order chi connectivity index (χ1) is 43.3. The summed E-state index contributed by atoms with van der Waals surface area (Å²) in [6, 6.07) is 80.9. The minimum atomic E-state index is -1.06. The molecule has 17 heteroatoms. The van der Waals surface area contributed by atoms with E-state index in [4.69, 9.17) is 19.3 Å². The third-order valence-corrected chi connectivity index (χ3v) is 18.3. The number of hydrogen-bond acceptors (Lipinski definition) is 13. The van der Waals surface area contributed by atoms with E-state index >= 15 is 4.79 Å². The fourth-order valence-electron chi connectivity index (χ4n) is 10.8. The fourth-order valence-corrected chi connectivity index (χ4v) is 13.9. The monoisotopic (exact) mass is 1340 g/mol. The van der Waals surface area contributed by atoms with Gasteiger partial charge in [-0.2, -0.15) is 4.57 Å². The molecule has 0 spiro atoms. The molecule has 0 bridgehead atoms. The Hall–Kier alpha value is -9.14. The van der Waals surface area contributed by atoms with E-state index in [0.717, 1.165) is 49.4 Å². The SMILES string of the molecule is O=C(C[n+]1ccc(SCC2=C(C(=O)OC(c3ccccc3)c3ccccc3)N3C(=O)C(NC(=O)C(=NOCc4ccccc4)c4csc(NC(c5ccccc5)(c5ccccc5)c5ccccc5)n4)[C@H]3SC2)cc1)OC(c1ccccc1)c1ccccc1.[I-]. The zero-order valence-electron chi connectivity index (χ0n) is 47.9. The molecule has 13 nitrogen and oxygen atoms in total. The Labute approximate surface area is 545 Å². The van der Waals surface area contributed by atoms with Crippen LogP contribution in [-0.4, -0.2) is 62.3 Å². The van der Waals surface area contributed by atoms with E-state index < -0.39 is 52.9 Å². The normalized spacial score (nSPS) is 14.7. The number of aromatic nitrogens is 2. The van der Waals surface area contributed by atoms with E-state index in [-0.39, 0.29) is 54.2 Å². The van der Waals surface area contributed by atoms with Gasteiger partial charge in [0, 0.05) is 33.9 Å². The van der Waals surface area contributed by atoms with Crippen LogP contribution in [-0.2, 0) is 52.2 Å². The number of esters is 2. The molecule has 2 aromatic heterocycles. The van der Waals surface area contributed by atoms with Gasteiger partial charge in [-0.25, -0.2) is 14.6 Å². The molecule has 0 saturated carbocycles. The van der Waals surface area contributed by atoms with Crippen LogP contribution in [0.3, 0.4) is 0 Å². The predicted octanol–water partition coefficient (Wildman–Crippen LogP) is 9.87.